The monoisotopic (exact) mass is 347 g/mol. The van der Waals surface area contributed by atoms with E-state index in [-0.39, 0.29) is 0 Å². The van der Waals surface area contributed by atoms with Crippen molar-refractivity contribution in [1.29, 1.82) is 0 Å². The molecule has 0 aliphatic rings. The van der Waals surface area contributed by atoms with E-state index in [1.54, 1.807) is 0 Å². The lowest BCUT2D eigenvalue weighted by molar-refractivity contribution is 0.671. The number of benzene rings is 4. The standard InChI is InChI=1S/C25H17NO/c1-16-11-14-22-21(15-16)19-12-13-20-18-9-5-6-10-23(18)27-25(20)24(19)26(22)17-7-3-2-4-8-17/h2-15H,1H3. The molecule has 2 aromatic heterocycles. The lowest BCUT2D eigenvalue weighted by Gasteiger charge is -2.07. The maximum Gasteiger partial charge on any atom is 0.160 e. The molecule has 0 spiro atoms. The minimum atomic E-state index is 0.932. The number of aryl methyl sites for hydroxylation is 1. The minimum absolute atomic E-state index is 0.932. The summed E-state index contributed by atoms with van der Waals surface area (Å²) in [7, 11) is 0. The van der Waals surface area contributed by atoms with Gasteiger partial charge in [-0.3, -0.25) is 0 Å². The zero-order valence-electron chi connectivity index (χ0n) is 14.9. The summed E-state index contributed by atoms with van der Waals surface area (Å²) >= 11 is 0. The van der Waals surface area contributed by atoms with E-state index in [0.717, 1.165) is 33.1 Å². The third-order valence-corrected chi connectivity index (χ3v) is 5.44. The average molecular weight is 347 g/mol. The molecule has 0 atom stereocenters. The molecule has 0 aliphatic heterocycles. The first-order valence-corrected chi connectivity index (χ1v) is 9.22. The highest BCUT2D eigenvalue weighted by Gasteiger charge is 2.18. The van der Waals surface area contributed by atoms with Gasteiger partial charge < -0.3 is 8.98 Å². The number of aromatic nitrogens is 1. The second kappa shape index (κ2) is 5.24. The molecule has 0 saturated carbocycles. The van der Waals surface area contributed by atoms with Gasteiger partial charge >= 0.3 is 0 Å². The highest BCUT2D eigenvalue weighted by atomic mass is 16.3. The molecule has 6 aromatic rings. The Balaban J connectivity index is 1.92. The van der Waals surface area contributed by atoms with Gasteiger partial charge in [-0.25, -0.2) is 0 Å². The van der Waals surface area contributed by atoms with Crippen LogP contribution in [0.4, 0.5) is 0 Å². The van der Waals surface area contributed by atoms with E-state index in [2.05, 4.69) is 84.3 Å². The summed E-state index contributed by atoms with van der Waals surface area (Å²) in [6, 6.07) is 29.9. The first-order valence-electron chi connectivity index (χ1n) is 9.22. The molecule has 0 saturated heterocycles. The first kappa shape index (κ1) is 14.6. The Morgan fingerprint density at radius 3 is 2.33 bits per heavy atom. The second-order valence-electron chi connectivity index (χ2n) is 7.13. The van der Waals surface area contributed by atoms with Crippen molar-refractivity contribution in [1.82, 2.24) is 4.57 Å². The molecule has 2 nitrogen and oxygen atoms in total. The molecule has 0 unspecified atom stereocenters. The van der Waals surface area contributed by atoms with Crippen molar-refractivity contribution in [2.75, 3.05) is 0 Å². The Labute approximate surface area is 156 Å². The normalized spacial score (nSPS) is 11.9. The fourth-order valence-corrected chi connectivity index (χ4v) is 4.24. The van der Waals surface area contributed by atoms with Gasteiger partial charge in [0.25, 0.3) is 0 Å². The number of hydrogen-bond acceptors (Lipinski definition) is 1. The van der Waals surface area contributed by atoms with Crippen LogP contribution in [0.3, 0.4) is 0 Å². The van der Waals surface area contributed by atoms with Crippen LogP contribution < -0.4 is 0 Å². The molecule has 0 radical (unpaired) electrons. The zero-order valence-corrected chi connectivity index (χ0v) is 14.9. The topological polar surface area (TPSA) is 18.1 Å². The predicted octanol–water partition coefficient (Wildman–Crippen LogP) is 6.99. The smallest absolute Gasteiger partial charge is 0.160 e. The lowest BCUT2D eigenvalue weighted by Crippen LogP contribution is -1.93. The van der Waals surface area contributed by atoms with Gasteiger partial charge in [-0.2, -0.15) is 0 Å². The maximum atomic E-state index is 6.37. The number of hydrogen-bond donors (Lipinski definition) is 0. The van der Waals surface area contributed by atoms with Crippen LogP contribution in [0.1, 0.15) is 5.56 Å². The summed E-state index contributed by atoms with van der Waals surface area (Å²) < 4.78 is 8.70. The van der Waals surface area contributed by atoms with Crippen molar-refractivity contribution >= 4 is 43.7 Å². The van der Waals surface area contributed by atoms with Gasteiger partial charge in [-0.15, -0.1) is 0 Å². The molecular weight excluding hydrogens is 330 g/mol. The third kappa shape index (κ3) is 1.95. The summed E-state index contributed by atoms with van der Waals surface area (Å²) in [5.74, 6) is 0. The Kier molecular flexibility index (Phi) is 2.84. The summed E-state index contributed by atoms with van der Waals surface area (Å²) in [5.41, 5.74) is 6.63. The fraction of sp³-hybridized carbons (Fsp3) is 0.0400. The molecule has 2 heterocycles. The van der Waals surface area contributed by atoms with E-state index >= 15 is 0 Å². The Bertz CT molecular complexity index is 1470. The number of rotatable bonds is 1. The van der Waals surface area contributed by atoms with E-state index in [9.17, 15) is 0 Å². The minimum Gasteiger partial charge on any atom is -0.454 e. The van der Waals surface area contributed by atoms with Crippen LogP contribution in [0.15, 0.2) is 89.3 Å². The average Bonchev–Trinajstić information content (AvgIpc) is 3.24. The quantitative estimate of drug-likeness (QED) is 0.313. The highest BCUT2D eigenvalue weighted by molar-refractivity contribution is 6.21. The van der Waals surface area contributed by atoms with E-state index in [4.69, 9.17) is 4.42 Å². The molecule has 0 bridgehead atoms. The predicted molar refractivity (Wildman–Crippen MR) is 113 cm³/mol. The molecular formula is C25H17NO. The van der Waals surface area contributed by atoms with Crippen LogP contribution in [-0.2, 0) is 0 Å². The lowest BCUT2D eigenvalue weighted by atomic mass is 10.1. The van der Waals surface area contributed by atoms with Crippen molar-refractivity contribution in [2.24, 2.45) is 0 Å². The van der Waals surface area contributed by atoms with Crippen molar-refractivity contribution in [3.8, 4) is 5.69 Å². The molecule has 2 heteroatoms. The van der Waals surface area contributed by atoms with Crippen molar-refractivity contribution in [2.45, 2.75) is 6.92 Å². The summed E-state index contributed by atoms with van der Waals surface area (Å²) in [5, 5.41) is 4.81. The molecule has 27 heavy (non-hydrogen) atoms. The maximum absolute atomic E-state index is 6.37. The molecule has 0 amide bonds. The van der Waals surface area contributed by atoms with Gasteiger partial charge in [0.1, 0.15) is 5.58 Å². The van der Waals surface area contributed by atoms with Crippen molar-refractivity contribution in [3.05, 3.63) is 90.5 Å². The SMILES string of the molecule is Cc1ccc2c(c1)c1ccc3c4ccccc4oc3c1n2-c1ccccc1. The molecule has 0 aliphatic carbocycles. The van der Waals surface area contributed by atoms with E-state index in [0.29, 0.717) is 0 Å². The van der Waals surface area contributed by atoms with Crippen LogP contribution in [0, 0.1) is 6.92 Å². The van der Waals surface area contributed by atoms with Gasteiger partial charge in [0, 0.05) is 27.2 Å². The van der Waals surface area contributed by atoms with Crippen LogP contribution >= 0.6 is 0 Å². The Morgan fingerprint density at radius 2 is 1.44 bits per heavy atom. The van der Waals surface area contributed by atoms with Crippen LogP contribution in [0.5, 0.6) is 0 Å². The molecule has 0 N–H and O–H groups in total. The summed E-state index contributed by atoms with van der Waals surface area (Å²) in [6.45, 7) is 2.14. The number of fused-ring (bicyclic) bond motifs is 7. The molecule has 6 rings (SSSR count). The Morgan fingerprint density at radius 1 is 0.667 bits per heavy atom. The van der Waals surface area contributed by atoms with E-state index in [1.165, 1.54) is 21.9 Å². The van der Waals surface area contributed by atoms with E-state index < -0.39 is 0 Å². The van der Waals surface area contributed by atoms with Gasteiger partial charge in [-0.1, -0.05) is 54.1 Å². The fourth-order valence-electron chi connectivity index (χ4n) is 4.24. The summed E-state index contributed by atoms with van der Waals surface area (Å²) in [4.78, 5) is 0. The Hall–Kier alpha value is -3.52. The highest BCUT2D eigenvalue weighted by Crippen LogP contribution is 2.40. The van der Waals surface area contributed by atoms with Crippen LogP contribution in [0.2, 0.25) is 0 Å². The summed E-state index contributed by atoms with van der Waals surface area (Å²) in [6.07, 6.45) is 0. The molecule has 128 valence electrons. The number of para-hydroxylation sites is 2. The number of furan rings is 1. The molecule has 0 fully saturated rings. The molecule has 4 aromatic carbocycles. The van der Waals surface area contributed by atoms with Crippen LogP contribution in [-0.4, -0.2) is 4.57 Å². The van der Waals surface area contributed by atoms with Gasteiger partial charge in [-0.05, 0) is 43.3 Å². The largest absolute Gasteiger partial charge is 0.454 e. The van der Waals surface area contributed by atoms with E-state index in [1.807, 2.05) is 12.1 Å². The van der Waals surface area contributed by atoms with Crippen LogP contribution in [0.25, 0.3) is 49.4 Å². The van der Waals surface area contributed by atoms with Crippen molar-refractivity contribution in [3.63, 3.8) is 0 Å². The number of nitrogens with zero attached hydrogens (tertiary/aromatic N) is 1. The van der Waals surface area contributed by atoms with Crippen molar-refractivity contribution < 1.29 is 4.42 Å². The zero-order chi connectivity index (χ0) is 18.0. The van der Waals surface area contributed by atoms with Gasteiger partial charge in [0.05, 0.1) is 11.0 Å². The van der Waals surface area contributed by atoms with Gasteiger partial charge in [0.2, 0.25) is 0 Å². The first-order chi connectivity index (χ1) is 13.3. The van der Waals surface area contributed by atoms with Gasteiger partial charge in [0.15, 0.2) is 5.58 Å². The third-order valence-electron chi connectivity index (χ3n) is 5.44. The second-order valence-corrected chi connectivity index (χ2v) is 7.13.